The number of alkyl halides is 3. The Bertz CT molecular complexity index is 1460. The summed E-state index contributed by atoms with van der Waals surface area (Å²) < 4.78 is 63.7. The molecule has 2 fully saturated rings. The number of ether oxygens (including phenoxy) is 1. The maximum Gasteiger partial charge on any atom is 0.490 e. The summed E-state index contributed by atoms with van der Waals surface area (Å²) in [5.74, 6) is -4.39. The number of carbonyl (C=O) groups is 1. The summed E-state index contributed by atoms with van der Waals surface area (Å²) in [7, 11) is -4.17. The largest absolute Gasteiger partial charge is 0.490 e. The molecule has 41 heavy (non-hydrogen) atoms. The van der Waals surface area contributed by atoms with E-state index >= 15 is 0 Å². The van der Waals surface area contributed by atoms with Crippen molar-refractivity contribution in [3.8, 4) is 0 Å². The molecule has 0 radical (unpaired) electrons. The van der Waals surface area contributed by atoms with Crippen LogP contribution in [0.4, 0.5) is 19.0 Å². The molecule has 0 spiro atoms. The lowest BCUT2D eigenvalue weighted by molar-refractivity contribution is -0.192. The van der Waals surface area contributed by atoms with Crippen LogP contribution in [0, 0.1) is 0 Å². The van der Waals surface area contributed by atoms with Crippen LogP contribution in [0.1, 0.15) is 31.2 Å². The van der Waals surface area contributed by atoms with Gasteiger partial charge in [-0.05, 0) is 30.7 Å². The Labute approximate surface area is 234 Å². The quantitative estimate of drug-likeness (QED) is 0.266. The maximum atomic E-state index is 13.5. The second kappa shape index (κ2) is 11.5. The molecule has 3 aromatic rings. The summed E-state index contributed by atoms with van der Waals surface area (Å²) in [6, 6.07) is 8.48. The van der Waals surface area contributed by atoms with Gasteiger partial charge in [0.15, 0.2) is 12.1 Å². The fourth-order valence-corrected chi connectivity index (χ4v) is 6.37. The molecule has 18 heteroatoms. The molecule has 7 atom stereocenters. The van der Waals surface area contributed by atoms with E-state index in [0.717, 1.165) is 0 Å². The van der Waals surface area contributed by atoms with Gasteiger partial charge in [-0.1, -0.05) is 23.7 Å². The molecule has 1 aromatic carbocycles. The van der Waals surface area contributed by atoms with Crippen LogP contribution in [-0.2, 0) is 23.1 Å². The Hall–Kier alpha value is -2.82. The second-order valence-electron chi connectivity index (χ2n) is 9.37. The fraction of sp³-hybridized carbons (Fsp3) is 0.435. The fourth-order valence-electron chi connectivity index (χ4n) is 4.37. The van der Waals surface area contributed by atoms with Crippen molar-refractivity contribution >= 4 is 42.0 Å². The lowest BCUT2D eigenvalue weighted by Gasteiger charge is -2.35. The number of rotatable bonds is 4. The summed E-state index contributed by atoms with van der Waals surface area (Å²) in [5, 5.41) is 41.2. The Balaban J connectivity index is 0.000000493. The zero-order valence-corrected chi connectivity index (χ0v) is 22.7. The molecule has 0 bridgehead atoms. The van der Waals surface area contributed by atoms with E-state index in [1.165, 1.54) is 17.8 Å². The van der Waals surface area contributed by atoms with Crippen molar-refractivity contribution in [1.29, 1.82) is 0 Å². The van der Waals surface area contributed by atoms with Gasteiger partial charge in [-0.2, -0.15) is 13.2 Å². The van der Waals surface area contributed by atoms with Crippen molar-refractivity contribution in [1.82, 2.24) is 14.5 Å². The topological polar surface area (TPSA) is 199 Å². The molecule has 4 heterocycles. The molecule has 2 aliphatic rings. The lowest BCUT2D eigenvalue weighted by Crippen LogP contribution is -2.46. The van der Waals surface area contributed by atoms with E-state index < -0.39 is 55.7 Å². The van der Waals surface area contributed by atoms with Gasteiger partial charge in [-0.3, -0.25) is 9.09 Å². The highest BCUT2D eigenvalue weighted by molar-refractivity contribution is 7.54. The Morgan fingerprint density at radius 3 is 2.51 bits per heavy atom. The van der Waals surface area contributed by atoms with Crippen LogP contribution in [0.25, 0.3) is 11.0 Å². The van der Waals surface area contributed by atoms with Crippen molar-refractivity contribution in [3.63, 3.8) is 0 Å². The molecule has 2 saturated heterocycles. The highest BCUT2D eigenvalue weighted by Gasteiger charge is 2.60. The summed E-state index contributed by atoms with van der Waals surface area (Å²) in [6.07, 6.45) is -6.75. The van der Waals surface area contributed by atoms with E-state index in [1.54, 1.807) is 36.5 Å². The first kappa shape index (κ1) is 31.1. The number of nitrogens with two attached hydrogens (primary N) is 1. The third-order valence-electron chi connectivity index (χ3n) is 6.52. The predicted octanol–water partition coefficient (Wildman–Crippen LogP) is 3.00. The summed E-state index contributed by atoms with van der Waals surface area (Å²) >= 11 is 5.94. The minimum absolute atomic E-state index is 0.0582. The van der Waals surface area contributed by atoms with Crippen LogP contribution in [-0.4, -0.2) is 77.4 Å². The number of aliphatic hydroxyl groups excluding tert-OH is 2. The first-order valence-electron chi connectivity index (χ1n) is 11.9. The molecule has 13 nitrogen and oxygen atoms in total. The number of aliphatic carboxylic acids is 1. The molecule has 0 aliphatic carbocycles. The molecule has 2 aliphatic heterocycles. The number of halogens is 4. The number of nitrogen functional groups attached to an aromatic ring is 1. The van der Waals surface area contributed by atoms with Gasteiger partial charge in [-0.25, -0.2) is 14.8 Å². The predicted molar refractivity (Wildman–Crippen MR) is 136 cm³/mol. The molecule has 224 valence electrons. The van der Waals surface area contributed by atoms with Gasteiger partial charge in [0.1, 0.15) is 35.6 Å². The van der Waals surface area contributed by atoms with Crippen molar-refractivity contribution in [2.24, 2.45) is 0 Å². The van der Waals surface area contributed by atoms with Crippen LogP contribution in [0.5, 0.6) is 0 Å². The van der Waals surface area contributed by atoms with Crippen molar-refractivity contribution in [2.45, 2.75) is 55.5 Å². The van der Waals surface area contributed by atoms with Gasteiger partial charge in [0.25, 0.3) is 0 Å². The molecule has 2 aromatic heterocycles. The van der Waals surface area contributed by atoms with Gasteiger partial charge >= 0.3 is 19.7 Å². The van der Waals surface area contributed by atoms with Crippen molar-refractivity contribution in [2.75, 3.05) is 12.3 Å². The molecule has 0 saturated carbocycles. The average molecular weight is 625 g/mol. The number of hydrogen-bond acceptors (Lipinski definition) is 11. The summed E-state index contributed by atoms with van der Waals surface area (Å²) in [6.45, 7) is 1.41. The van der Waals surface area contributed by atoms with Crippen molar-refractivity contribution in [3.05, 3.63) is 53.4 Å². The number of benzene rings is 1. The highest BCUT2D eigenvalue weighted by atomic mass is 35.5. The molecular weight excluding hydrogens is 600 g/mol. The Morgan fingerprint density at radius 2 is 1.90 bits per heavy atom. The molecule has 0 amide bonds. The minimum atomic E-state index is -5.08. The van der Waals surface area contributed by atoms with Gasteiger partial charge < -0.3 is 40.0 Å². The van der Waals surface area contributed by atoms with Crippen LogP contribution < -0.4 is 5.73 Å². The van der Waals surface area contributed by atoms with Crippen LogP contribution in [0.2, 0.25) is 5.02 Å². The van der Waals surface area contributed by atoms with Crippen LogP contribution in [0.15, 0.2) is 42.9 Å². The van der Waals surface area contributed by atoms with Crippen LogP contribution >= 0.6 is 19.2 Å². The number of aliphatic hydroxyl groups is 3. The number of aromatic nitrogens is 3. The number of carboxylic acids is 1. The summed E-state index contributed by atoms with van der Waals surface area (Å²) in [5.41, 5.74) is 5.08. The number of fused-ring (bicyclic) bond motifs is 1. The normalized spacial score (nSPS) is 30.9. The Morgan fingerprint density at radius 1 is 1.27 bits per heavy atom. The van der Waals surface area contributed by atoms with E-state index in [1.807, 2.05) is 0 Å². The molecular formula is C23H25ClF3N4O9P. The number of nitrogens with zero attached hydrogens (tertiary/aromatic N) is 3. The lowest BCUT2D eigenvalue weighted by atomic mass is 9.96. The van der Waals surface area contributed by atoms with Crippen molar-refractivity contribution < 1.29 is 56.7 Å². The molecule has 6 N–H and O–H groups in total. The van der Waals surface area contributed by atoms with E-state index in [4.69, 9.17) is 41.0 Å². The third-order valence-corrected chi connectivity index (χ3v) is 8.80. The van der Waals surface area contributed by atoms with Gasteiger partial charge in [0, 0.05) is 17.6 Å². The maximum absolute atomic E-state index is 13.5. The van der Waals surface area contributed by atoms with Crippen LogP contribution in [0.3, 0.4) is 0 Å². The van der Waals surface area contributed by atoms with E-state index in [-0.39, 0.29) is 12.4 Å². The monoisotopic (exact) mass is 624 g/mol. The SMILES string of the molecule is C[C@@]1(O)[C@H](O)[C@@H]([C@@H](O)[P@@]2(=O)OCC[C@@H](c3ccc(Cl)cc3)O2)O[C@H]1n1ccc2c(N)ncnc21.O=C(O)C(F)(F)F. The minimum Gasteiger partial charge on any atom is -0.475 e. The third kappa shape index (κ3) is 6.20. The summed E-state index contributed by atoms with van der Waals surface area (Å²) in [4.78, 5) is 17.0. The molecule has 5 rings (SSSR count). The zero-order chi connectivity index (χ0) is 30.3. The number of anilines is 1. The van der Waals surface area contributed by atoms with E-state index in [2.05, 4.69) is 9.97 Å². The second-order valence-corrected chi connectivity index (χ2v) is 11.9. The zero-order valence-electron chi connectivity index (χ0n) is 21.1. The van der Waals surface area contributed by atoms with Gasteiger partial charge in [0.2, 0.25) is 0 Å². The van der Waals surface area contributed by atoms with E-state index in [9.17, 15) is 33.1 Å². The first-order chi connectivity index (χ1) is 19.1. The van der Waals surface area contributed by atoms with Gasteiger partial charge in [0.05, 0.1) is 18.1 Å². The highest BCUT2D eigenvalue weighted by Crippen LogP contribution is 2.61. The van der Waals surface area contributed by atoms with Gasteiger partial charge in [-0.15, -0.1) is 0 Å². The Kier molecular flexibility index (Phi) is 8.70. The number of hydrogen-bond donors (Lipinski definition) is 5. The smallest absolute Gasteiger partial charge is 0.475 e. The average Bonchev–Trinajstić information content (AvgIpc) is 3.43. The van der Waals surface area contributed by atoms with E-state index in [0.29, 0.717) is 28.0 Å². The molecule has 0 unspecified atom stereocenters. The standard InChI is InChI=1S/C21H24ClN4O7P.C2HF3O2/c1-21(29)16(27)15(32-20(21)26-8-6-13-17(23)24-10-25-18(13)26)19(28)34(30)31-9-7-14(33-34)11-2-4-12(22)5-3-11;3-2(4,5)1(6)7/h2-6,8,10,14-16,19-20,27-29H,7,9H2,1H3,(H2,23,24,25);(H,6,7)/t14-,15-,16+,19-,20+,21+,34+;/m0./s1. The first-order valence-corrected chi connectivity index (χ1v) is 13.8. The number of carboxylic acid groups (broad SMARTS) is 1.